The Morgan fingerprint density at radius 1 is 1.17 bits per heavy atom. The Kier molecular flexibility index (Phi) is 3.12. The summed E-state index contributed by atoms with van der Waals surface area (Å²) in [5, 5.41) is 4.68. The van der Waals surface area contributed by atoms with Crippen LogP contribution in [-0.2, 0) is 5.41 Å². The molecule has 1 spiro atoms. The van der Waals surface area contributed by atoms with Crippen LogP contribution in [0.1, 0.15) is 37.7 Å². The summed E-state index contributed by atoms with van der Waals surface area (Å²) in [6.45, 7) is 1.03. The molecule has 0 unspecified atom stereocenters. The quantitative estimate of drug-likeness (QED) is 0.866. The highest BCUT2D eigenvalue weighted by atomic mass is 35.5. The molecule has 0 bridgehead atoms. The Balaban J connectivity index is 1.88. The summed E-state index contributed by atoms with van der Waals surface area (Å²) in [5.41, 5.74) is 2.29. The highest BCUT2D eigenvalue weighted by Gasteiger charge is 2.57. The number of rotatable bonds is 3. The average Bonchev–Trinajstić information content (AvgIpc) is 2.24. The van der Waals surface area contributed by atoms with Crippen molar-refractivity contribution in [2.24, 2.45) is 5.41 Å². The number of hydrogen-bond acceptors (Lipinski definition) is 1. The lowest BCUT2D eigenvalue weighted by Gasteiger charge is -2.61. The van der Waals surface area contributed by atoms with Gasteiger partial charge in [-0.1, -0.05) is 35.7 Å². The lowest BCUT2D eigenvalue weighted by atomic mass is 9.44. The maximum absolute atomic E-state index is 6.17. The summed E-state index contributed by atoms with van der Waals surface area (Å²) in [7, 11) is 2.03. The zero-order chi connectivity index (χ0) is 12.8. The standard InChI is InChI=1S/C15H19Cl2N/c1-18-10-15(8-14(9-15)5-2-6-14)11-3-4-12(16)13(17)7-11/h3-4,7,18H,2,5-6,8-10H2,1H3. The zero-order valence-electron chi connectivity index (χ0n) is 10.7. The van der Waals surface area contributed by atoms with Crippen molar-refractivity contribution in [3.63, 3.8) is 0 Å². The molecular weight excluding hydrogens is 265 g/mol. The first kappa shape index (κ1) is 12.8. The van der Waals surface area contributed by atoms with E-state index in [2.05, 4.69) is 17.4 Å². The van der Waals surface area contributed by atoms with Gasteiger partial charge in [0.1, 0.15) is 0 Å². The number of halogens is 2. The van der Waals surface area contributed by atoms with Gasteiger partial charge in [-0.2, -0.15) is 0 Å². The molecule has 1 N–H and O–H groups in total. The molecule has 0 amide bonds. The molecule has 0 atom stereocenters. The van der Waals surface area contributed by atoms with Gasteiger partial charge in [0.05, 0.1) is 10.0 Å². The topological polar surface area (TPSA) is 12.0 Å². The van der Waals surface area contributed by atoms with Crippen LogP contribution in [0.3, 0.4) is 0 Å². The normalized spacial score (nSPS) is 23.5. The number of benzene rings is 1. The molecule has 2 aliphatic rings. The average molecular weight is 284 g/mol. The molecule has 18 heavy (non-hydrogen) atoms. The predicted molar refractivity (Wildman–Crippen MR) is 77.6 cm³/mol. The van der Waals surface area contributed by atoms with E-state index in [1.165, 1.54) is 37.7 Å². The number of likely N-dealkylation sites (N-methyl/N-ethyl adjacent to an activating group) is 1. The molecule has 3 heteroatoms. The fourth-order valence-electron chi connectivity index (χ4n) is 4.01. The lowest BCUT2D eigenvalue weighted by molar-refractivity contribution is -0.0475. The van der Waals surface area contributed by atoms with E-state index in [0.29, 0.717) is 15.5 Å². The van der Waals surface area contributed by atoms with Crippen LogP contribution in [0, 0.1) is 5.41 Å². The van der Waals surface area contributed by atoms with Gasteiger partial charge in [-0.05, 0) is 55.8 Å². The van der Waals surface area contributed by atoms with Gasteiger partial charge in [-0.3, -0.25) is 0 Å². The number of nitrogens with one attached hydrogen (secondary N) is 1. The highest BCUT2D eigenvalue weighted by molar-refractivity contribution is 6.42. The first-order chi connectivity index (χ1) is 8.59. The molecule has 0 heterocycles. The van der Waals surface area contributed by atoms with E-state index < -0.39 is 0 Å². The van der Waals surface area contributed by atoms with Gasteiger partial charge in [0.25, 0.3) is 0 Å². The molecule has 2 aliphatic carbocycles. The molecule has 1 nitrogen and oxygen atoms in total. The minimum atomic E-state index is 0.281. The van der Waals surface area contributed by atoms with E-state index in [9.17, 15) is 0 Å². The molecule has 0 saturated heterocycles. The second-order valence-corrected chi connectivity index (χ2v) is 6.96. The van der Waals surface area contributed by atoms with Crippen LogP contribution in [0.5, 0.6) is 0 Å². The Hall–Kier alpha value is -0.240. The summed E-state index contributed by atoms with van der Waals surface area (Å²) < 4.78 is 0. The predicted octanol–water partition coefficient (Wildman–Crippen LogP) is 4.41. The molecule has 0 aromatic heterocycles. The van der Waals surface area contributed by atoms with Crippen LogP contribution in [0.25, 0.3) is 0 Å². The summed E-state index contributed by atoms with van der Waals surface area (Å²) in [6, 6.07) is 6.15. The van der Waals surface area contributed by atoms with E-state index in [1.807, 2.05) is 13.1 Å². The van der Waals surface area contributed by atoms with Gasteiger partial charge in [0, 0.05) is 12.0 Å². The van der Waals surface area contributed by atoms with Crippen LogP contribution in [0.15, 0.2) is 18.2 Å². The van der Waals surface area contributed by atoms with E-state index >= 15 is 0 Å². The maximum atomic E-state index is 6.17. The SMILES string of the molecule is CNCC1(c2ccc(Cl)c(Cl)c2)CC2(CCC2)C1. The molecular formula is C15H19Cl2N. The Bertz CT molecular complexity index is 458. The fourth-order valence-corrected chi connectivity index (χ4v) is 4.31. The third kappa shape index (κ3) is 1.88. The maximum Gasteiger partial charge on any atom is 0.0595 e. The fraction of sp³-hybridized carbons (Fsp3) is 0.600. The van der Waals surface area contributed by atoms with Crippen molar-refractivity contribution in [2.75, 3.05) is 13.6 Å². The van der Waals surface area contributed by atoms with Gasteiger partial charge < -0.3 is 5.32 Å². The first-order valence-corrected chi connectivity index (χ1v) is 7.45. The zero-order valence-corrected chi connectivity index (χ0v) is 12.2. The largest absolute Gasteiger partial charge is 0.319 e. The van der Waals surface area contributed by atoms with Gasteiger partial charge >= 0.3 is 0 Å². The molecule has 0 radical (unpaired) electrons. The van der Waals surface area contributed by atoms with Crippen molar-refractivity contribution in [1.82, 2.24) is 5.32 Å². The summed E-state index contributed by atoms with van der Waals surface area (Å²) in [5.74, 6) is 0. The Morgan fingerprint density at radius 3 is 2.39 bits per heavy atom. The van der Waals surface area contributed by atoms with Gasteiger partial charge in [0.2, 0.25) is 0 Å². The first-order valence-electron chi connectivity index (χ1n) is 6.69. The molecule has 1 aromatic rings. The van der Waals surface area contributed by atoms with Gasteiger partial charge in [0.15, 0.2) is 0 Å². The Labute approximate surface area is 119 Å². The van der Waals surface area contributed by atoms with Gasteiger partial charge in [-0.25, -0.2) is 0 Å². The monoisotopic (exact) mass is 283 g/mol. The van der Waals surface area contributed by atoms with Crippen molar-refractivity contribution < 1.29 is 0 Å². The number of hydrogen-bond donors (Lipinski definition) is 1. The minimum Gasteiger partial charge on any atom is -0.319 e. The molecule has 3 rings (SSSR count). The van der Waals surface area contributed by atoms with Gasteiger partial charge in [-0.15, -0.1) is 0 Å². The van der Waals surface area contributed by atoms with Crippen molar-refractivity contribution in [3.05, 3.63) is 33.8 Å². The summed E-state index contributed by atoms with van der Waals surface area (Å²) >= 11 is 12.2. The van der Waals surface area contributed by atoms with E-state index in [0.717, 1.165) is 6.54 Å². The van der Waals surface area contributed by atoms with E-state index in [4.69, 9.17) is 23.2 Å². The Morgan fingerprint density at radius 2 is 1.89 bits per heavy atom. The van der Waals surface area contributed by atoms with E-state index in [1.54, 1.807) is 0 Å². The van der Waals surface area contributed by atoms with E-state index in [-0.39, 0.29) is 5.41 Å². The minimum absolute atomic E-state index is 0.281. The van der Waals surface area contributed by atoms with Crippen molar-refractivity contribution in [1.29, 1.82) is 0 Å². The second-order valence-electron chi connectivity index (χ2n) is 6.15. The third-order valence-electron chi connectivity index (χ3n) is 4.89. The van der Waals surface area contributed by atoms with Crippen molar-refractivity contribution >= 4 is 23.2 Å². The second kappa shape index (κ2) is 4.40. The molecule has 2 fully saturated rings. The van der Waals surface area contributed by atoms with Crippen molar-refractivity contribution in [3.8, 4) is 0 Å². The van der Waals surface area contributed by atoms with Crippen LogP contribution in [-0.4, -0.2) is 13.6 Å². The summed E-state index contributed by atoms with van der Waals surface area (Å²) in [6.07, 6.45) is 6.86. The molecule has 2 saturated carbocycles. The van der Waals surface area contributed by atoms with Crippen LogP contribution >= 0.6 is 23.2 Å². The molecule has 0 aliphatic heterocycles. The smallest absolute Gasteiger partial charge is 0.0595 e. The van der Waals surface area contributed by atoms with Crippen LogP contribution in [0.4, 0.5) is 0 Å². The molecule has 1 aromatic carbocycles. The highest BCUT2D eigenvalue weighted by Crippen LogP contribution is 2.64. The lowest BCUT2D eigenvalue weighted by Crippen LogP contribution is -2.57. The van der Waals surface area contributed by atoms with Crippen LogP contribution in [0.2, 0.25) is 10.0 Å². The third-order valence-corrected chi connectivity index (χ3v) is 5.63. The summed E-state index contributed by atoms with van der Waals surface area (Å²) in [4.78, 5) is 0. The van der Waals surface area contributed by atoms with Crippen LogP contribution < -0.4 is 5.32 Å². The van der Waals surface area contributed by atoms with Crippen molar-refractivity contribution in [2.45, 2.75) is 37.5 Å². The molecule has 98 valence electrons.